The summed E-state index contributed by atoms with van der Waals surface area (Å²) in [6, 6.07) is 18.7. The number of nitrogens with one attached hydrogen (secondary N) is 2. The van der Waals surface area contributed by atoms with Crippen LogP contribution < -0.4 is 24.8 Å². The maximum atomic E-state index is 14.1. The molecular weight excluding hydrogens is 642 g/mol. The number of anilines is 2. The number of rotatable bonds is 12. The van der Waals surface area contributed by atoms with Crippen molar-refractivity contribution >= 4 is 45.2 Å². The monoisotopic (exact) mass is 677 g/mol. The van der Waals surface area contributed by atoms with Crippen LogP contribution in [0.1, 0.15) is 49.9 Å². The Hall–Kier alpha value is -3.96. The van der Waals surface area contributed by atoms with Gasteiger partial charge in [0.2, 0.25) is 11.1 Å². The Labute approximate surface area is 270 Å². The number of amides is 1. The molecule has 9 nitrogen and oxygen atoms in total. The molecule has 11 heteroatoms. The largest absolute Gasteiger partial charge is 0.495 e. The van der Waals surface area contributed by atoms with Gasteiger partial charge in [-0.25, -0.2) is 4.68 Å². The molecule has 0 saturated carbocycles. The van der Waals surface area contributed by atoms with Crippen molar-refractivity contribution in [2.75, 3.05) is 30.1 Å². The second-order valence-corrected chi connectivity index (χ2v) is 12.1. The highest BCUT2D eigenvalue weighted by Gasteiger charge is 2.36. The molecule has 0 aliphatic carbocycles. The van der Waals surface area contributed by atoms with Crippen molar-refractivity contribution in [2.45, 2.75) is 51.9 Å². The van der Waals surface area contributed by atoms with Gasteiger partial charge in [-0.1, -0.05) is 55.1 Å². The fourth-order valence-corrected chi connectivity index (χ4v) is 6.25. The predicted octanol–water partition coefficient (Wildman–Crippen LogP) is 7.77. The Kier molecular flexibility index (Phi) is 10.2. The van der Waals surface area contributed by atoms with E-state index in [9.17, 15) is 4.79 Å². The molecule has 1 aromatic heterocycles. The first-order chi connectivity index (χ1) is 21.3. The number of aromatic nitrogens is 3. The standard InChI is InChI=1S/C33H36BrN5O4S/c1-6-16-44-33-37-32-35-21(4)28(31(40)36-25-14-10-11-15-26(25)41-5)29(39(32)38-33)23-17-24(34)30(27(18-23)42-7-2)43-19-22-13-9-8-12-20(22)3/h8-15,17-18,29H,6-7,16,19H2,1-5H3,(H,36,40)(H,35,37,38). The topological polar surface area (TPSA) is 99.5 Å². The number of nitrogens with zero attached hydrogens (tertiary/aromatic N) is 3. The van der Waals surface area contributed by atoms with Crippen LogP contribution in [0.3, 0.4) is 0 Å². The van der Waals surface area contributed by atoms with Gasteiger partial charge < -0.3 is 24.8 Å². The summed E-state index contributed by atoms with van der Waals surface area (Å²) in [6.07, 6.45) is 0.990. The molecule has 1 aliphatic rings. The lowest BCUT2D eigenvalue weighted by Crippen LogP contribution is -2.31. The molecule has 230 valence electrons. The van der Waals surface area contributed by atoms with Gasteiger partial charge in [-0.3, -0.25) is 4.79 Å². The van der Waals surface area contributed by atoms with E-state index in [0.717, 1.165) is 28.9 Å². The molecule has 44 heavy (non-hydrogen) atoms. The van der Waals surface area contributed by atoms with Gasteiger partial charge in [0.05, 0.1) is 29.4 Å². The summed E-state index contributed by atoms with van der Waals surface area (Å²) in [4.78, 5) is 18.8. The second kappa shape index (κ2) is 14.2. The summed E-state index contributed by atoms with van der Waals surface area (Å²) in [6.45, 7) is 8.80. The van der Waals surface area contributed by atoms with Crippen LogP contribution in [0.15, 0.2) is 81.6 Å². The number of thioether (sulfide) groups is 1. The summed E-state index contributed by atoms with van der Waals surface area (Å²) >= 11 is 5.33. The number of ether oxygens (including phenoxy) is 3. The highest BCUT2D eigenvalue weighted by molar-refractivity contribution is 9.10. The average Bonchev–Trinajstić information content (AvgIpc) is 3.42. The number of fused-ring (bicyclic) bond motifs is 1. The molecule has 2 N–H and O–H groups in total. The lowest BCUT2D eigenvalue weighted by atomic mass is 9.94. The zero-order chi connectivity index (χ0) is 31.2. The summed E-state index contributed by atoms with van der Waals surface area (Å²) in [7, 11) is 1.58. The fraction of sp³-hybridized carbons (Fsp3) is 0.303. The van der Waals surface area contributed by atoms with Crippen LogP contribution in [-0.4, -0.2) is 40.1 Å². The molecule has 0 radical (unpaired) electrons. The van der Waals surface area contributed by atoms with Gasteiger partial charge in [-0.05, 0) is 84.1 Å². The van der Waals surface area contributed by atoms with Crippen LogP contribution in [0.2, 0.25) is 0 Å². The van der Waals surface area contributed by atoms with E-state index in [-0.39, 0.29) is 5.91 Å². The third-order valence-electron chi connectivity index (χ3n) is 7.15. The van der Waals surface area contributed by atoms with Crippen molar-refractivity contribution in [1.82, 2.24) is 14.8 Å². The molecule has 1 aliphatic heterocycles. The van der Waals surface area contributed by atoms with Crippen LogP contribution >= 0.6 is 27.7 Å². The van der Waals surface area contributed by atoms with Crippen molar-refractivity contribution in [3.8, 4) is 17.2 Å². The first kappa shape index (κ1) is 31.5. The Morgan fingerprint density at radius 2 is 1.84 bits per heavy atom. The van der Waals surface area contributed by atoms with Crippen molar-refractivity contribution in [3.05, 3.63) is 93.1 Å². The van der Waals surface area contributed by atoms with Crippen LogP contribution in [0.5, 0.6) is 17.2 Å². The van der Waals surface area contributed by atoms with E-state index in [1.54, 1.807) is 29.6 Å². The van der Waals surface area contributed by atoms with Crippen molar-refractivity contribution in [3.63, 3.8) is 0 Å². The zero-order valence-electron chi connectivity index (χ0n) is 25.4. The average molecular weight is 679 g/mol. The Morgan fingerprint density at radius 3 is 2.59 bits per heavy atom. The van der Waals surface area contributed by atoms with E-state index in [2.05, 4.69) is 46.5 Å². The molecule has 1 amide bonds. The maximum Gasteiger partial charge on any atom is 0.255 e. The van der Waals surface area contributed by atoms with E-state index in [1.807, 2.05) is 62.4 Å². The lowest BCUT2D eigenvalue weighted by molar-refractivity contribution is -0.113. The Balaban J connectivity index is 1.58. The van der Waals surface area contributed by atoms with E-state index >= 15 is 0 Å². The number of aryl methyl sites for hydroxylation is 1. The number of halogens is 1. The SMILES string of the molecule is CCCSc1nc2n(n1)C(c1cc(Br)c(OCc3ccccc3C)c(OCC)c1)C(C(=O)Nc1ccccc1OC)=C(C)N2. The minimum Gasteiger partial charge on any atom is -0.495 e. The molecule has 0 saturated heterocycles. The van der Waals surface area contributed by atoms with Gasteiger partial charge in [0.25, 0.3) is 5.91 Å². The number of carbonyl (C=O) groups excluding carboxylic acids is 1. The quantitative estimate of drug-likeness (QED) is 0.147. The summed E-state index contributed by atoms with van der Waals surface area (Å²) < 4.78 is 20.4. The first-order valence-electron chi connectivity index (χ1n) is 14.5. The molecule has 0 fully saturated rings. The van der Waals surface area contributed by atoms with Crippen LogP contribution in [0.25, 0.3) is 0 Å². The Morgan fingerprint density at radius 1 is 1.07 bits per heavy atom. The molecule has 5 rings (SSSR count). The number of carbonyl (C=O) groups is 1. The van der Waals surface area contributed by atoms with Gasteiger partial charge in [0.15, 0.2) is 11.5 Å². The summed E-state index contributed by atoms with van der Waals surface area (Å²) in [5.74, 6) is 2.88. The first-order valence-corrected chi connectivity index (χ1v) is 16.3. The van der Waals surface area contributed by atoms with Crippen LogP contribution in [-0.2, 0) is 11.4 Å². The minimum atomic E-state index is -0.606. The van der Waals surface area contributed by atoms with Crippen LogP contribution in [0.4, 0.5) is 11.6 Å². The number of hydrogen-bond donors (Lipinski definition) is 2. The number of hydrogen-bond acceptors (Lipinski definition) is 8. The molecule has 3 aromatic carbocycles. The third kappa shape index (κ3) is 6.73. The highest BCUT2D eigenvalue weighted by Crippen LogP contribution is 2.44. The fourth-order valence-electron chi connectivity index (χ4n) is 5.00. The number of benzene rings is 3. The van der Waals surface area contributed by atoms with Gasteiger partial charge in [0.1, 0.15) is 18.4 Å². The van der Waals surface area contributed by atoms with Gasteiger partial charge in [-0.2, -0.15) is 4.98 Å². The predicted molar refractivity (Wildman–Crippen MR) is 178 cm³/mol. The minimum absolute atomic E-state index is 0.289. The molecule has 1 atom stereocenters. The zero-order valence-corrected chi connectivity index (χ0v) is 27.8. The number of allylic oxidation sites excluding steroid dienone is 1. The van der Waals surface area contributed by atoms with E-state index in [4.69, 9.17) is 24.3 Å². The molecular formula is C33H36BrN5O4S. The van der Waals surface area contributed by atoms with Gasteiger partial charge in [-0.15, -0.1) is 5.10 Å². The van der Waals surface area contributed by atoms with E-state index < -0.39 is 6.04 Å². The summed E-state index contributed by atoms with van der Waals surface area (Å²) in [5.41, 5.74) is 4.75. The number of para-hydroxylation sites is 2. The second-order valence-electron chi connectivity index (χ2n) is 10.2. The van der Waals surface area contributed by atoms with E-state index in [0.29, 0.717) is 63.0 Å². The Bertz CT molecular complexity index is 1690. The van der Waals surface area contributed by atoms with Crippen molar-refractivity contribution in [2.24, 2.45) is 0 Å². The highest BCUT2D eigenvalue weighted by atomic mass is 79.9. The number of methoxy groups -OCH3 is 1. The smallest absolute Gasteiger partial charge is 0.255 e. The lowest BCUT2D eigenvalue weighted by Gasteiger charge is -2.29. The normalized spacial score (nSPS) is 14.1. The molecule has 2 heterocycles. The third-order valence-corrected chi connectivity index (χ3v) is 8.78. The van der Waals surface area contributed by atoms with Crippen molar-refractivity contribution in [1.29, 1.82) is 0 Å². The molecule has 0 bridgehead atoms. The van der Waals surface area contributed by atoms with E-state index in [1.165, 1.54) is 0 Å². The summed E-state index contributed by atoms with van der Waals surface area (Å²) in [5, 5.41) is 11.8. The van der Waals surface area contributed by atoms with Crippen LogP contribution in [0, 0.1) is 6.92 Å². The molecule has 0 spiro atoms. The maximum absolute atomic E-state index is 14.1. The molecule has 1 unspecified atom stereocenters. The molecule has 4 aromatic rings. The van der Waals surface area contributed by atoms with Gasteiger partial charge >= 0.3 is 0 Å². The van der Waals surface area contributed by atoms with Gasteiger partial charge in [0, 0.05) is 11.4 Å². The van der Waals surface area contributed by atoms with Crippen molar-refractivity contribution < 1.29 is 19.0 Å².